The van der Waals surface area contributed by atoms with Gasteiger partial charge < -0.3 is 5.32 Å². The SMILES string of the molecule is N#Cc1ccccc1-n1nc(-c2ccccc2C(F)(F)F)c2c1NCC2. The normalized spacial score (nSPS) is 13.2. The number of alkyl halides is 3. The average molecular weight is 354 g/mol. The second-order valence-corrected chi connectivity index (χ2v) is 5.94. The highest BCUT2D eigenvalue weighted by Gasteiger charge is 2.36. The zero-order valence-electron chi connectivity index (χ0n) is 13.5. The third-order valence-corrected chi connectivity index (χ3v) is 4.39. The lowest BCUT2D eigenvalue weighted by atomic mass is 10.0. The Kier molecular flexibility index (Phi) is 3.69. The molecule has 0 aliphatic carbocycles. The van der Waals surface area contributed by atoms with E-state index >= 15 is 0 Å². The number of para-hydroxylation sites is 1. The number of anilines is 1. The van der Waals surface area contributed by atoms with Gasteiger partial charge in [0.05, 0.1) is 22.5 Å². The molecule has 2 aromatic carbocycles. The Labute approximate surface area is 147 Å². The number of nitrogens with zero attached hydrogens (tertiary/aromatic N) is 3. The molecule has 0 unspecified atom stereocenters. The zero-order valence-corrected chi connectivity index (χ0v) is 13.5. The van der Waals surface area contributed by atoms with Crippen molar-refractivity contribution in [2.45, 2.75) is 12.6 Å². The van der Waals surface area contributed by atoms with Crippen LogP contribution in [0.2, 0.25) is 0 Å². The topological polar surface area (TPSA) is 53.6 Å². The van der Waals surface area contributed by atoms with E-state index in [-0.39, 0.29) is 5.56 Å². The van der Waals surface area contributed by atoms with Crippen molar-refractivity contribution in [2.75, 3.05) is 11.9 Å². The quantitative estimate of drug-likeness (QED) is 0.742. The molecule has 7 heteroatoms. The van der Waals surface area contributed by atoms with Gasteiger partial charge >= 0.3 is 6.18 Å². The lowest BCUT2D eigenvalue weighted by Crippen LogP contribution is -2.09. The van der Waals surface area contributed by atoms with Crippen molar-refractivity contribution in [3.05, 3.63) is 65.2 Å². The minimum absolute atomic E-state index is 0.0492. The molecule has 26 heavy (non-hydrogen) atoms. The summed E-state index contributed by atoms with van der Waals surface area (Å²) < 4.78 is 41.9. The van der Waals surface area contributed by atoms with Crippen LogP contribution in [-0.2, 0) is 12.6 Å². The summed E-state index contributed by atoms with van der Waals surface area (Å²) in [4.78, 5) is 0. The van der Waals surface area contributed by atoms with Gasteiger partial charge in [-0.2, -0.15) is 23.5 Å². The van der Waals surface area contributed by atoms with Gasteiger partial charge in [-0.3, -0.25) is 0 Å². The van der Waals surface area contributed by atoms with E-state index in [2.05, 4.69) is 16.5 Å². The van der Waals surface area contributed by atoms with E-state index in [1.54, 1.807) is 30.3 Å². The Hall–Kier alpha value is -3.27. The summed E-state index contributed by atoms with van der Waals surface area (Å²) in [5.74, 6) is 0.639. The summed E-state index contributed by atoms with van der Waals surface area (Å²) in [6, 6.07) is 14.4. The molecule has 0 saturated carbocycles. The first-order valence-corrected chi connectivity index (χ1v) is 8.02. The van der Waals surface area contributed by atoms with E-state index in [9.17, 15) is 18.4 Å². The largest absolute Gasteiger partial charge is 0.417 e. The van der Waals surface area contributed by atoms with Crippen LogP contribution in [0.25, 0.3) is 16.9 Å². The molecule has 4 nitrogen and oxygen atoms in total. The minimum Gasteiger partial charge on any atom is -0.369 e. The molecule has 1 aromatic heterocycles. The Bertz CT molecular complexity index is 1030. The maximum Gasteiger partial charge on any atom is 0.417 e. The van der Waals surface area contributed by atoms with Crippen molar-refractivity contribution in [3.63, 3.8) is 0 Å². The molecule has 1 aliphatic heterocycles. The van der Waals surface area contributed by atoms with E-state index in [1.807, 2.05) is 0 Å². The van der Waals surface area contributed by atoms with Crippen LogP contribution >= 0.6 is 0 Å². The number of benzene rings is 2. The molecule has 2 heterocycles. The fourth-order valence-corrected chi connectivity index (χ4v) is 3.26. The first-order chi connectivity index (χ1) is 12.5. The predicted octanol–water partition coefficient (Wildman–Crippen LogP) is 4.40. The molecule has 0 spiro atoms. The molecule has 1 aliphatic rings. The highest BCUT2D eigenvalue weighted by Crippen LogP contribution is 2.41. The fourth-order valence-electron chi connectivity index (χ4n) is 3.26. The molecule has 0 saturated heterocycles. The van der Waals surface area contributed by atoms with Gasteiger partial charge in [-0.05, 0) is 24.6 Å². The van der Waals surface area contributed by atoms with Crippen LogP contribution < -0.4 is 5.32 Å². The molecule has 0 amide bonds. The van der Waals surface area contributed by atoms with E-state index in [0.29, 0.717) is 35.7 Å². The van der Waals surface area contributed by atoms with Gasteiger partial charge in [-0.25, -0.2) is 4.68 Å². The number of aromatic nitrogens is 2. The van der Waals surface area contributed by atoms with E-state index < -0.39 is 11.7 Å². The third kappa shape index (κ3) is 2.51. The van der Waals surface area contributed by atoms with E-state index in [4.69, 9.17) is 0 Å². The smallest absolute Gasteiger partial charge is 0.369 e. The number of halogens is 3. The Morgan fingerprint density at radius 1 is 1.08 bits per heavy atom. The summed E-state index contributed by atoms with van der Waals surface area (Å²) in [6.07, 6.45) is -3.89. The molecule has 4 rings (SSSR count). The second kappa shape index (κ2) is 5.92. The van der Waals surface area contributed by atoms with Crippen LogP contribution in [0.3, 0.4) is 0 Å². The van der Waals surface area contributed by atoms with E-state index in [1.165, 1.54) is 16.8 Å². The Morgan fingerprint density at radius 3 is 2.58 bits per heavy atom. The predicted molar refractivity (Wildman–Crippen MR) is 90.9 cm³/mol. The first kappa shape index (κ1) is 16.2. The summed E-state index contributed by atoms with van der Waals surface area (Å²) in [6.45, 7) is 0.614. The highest BCUT2D eigenvalue weighted by molar-refractivity contribution is 5.75. The van der Waals surface area contributed by atoms with Gasteiger partial charge in [0.1, 0.15) is 11.9 Å². The highest BCUT2D eigenvalue weighted by atomic mass is 19.4. The molecule has 3 aromatic rings. The van der Waals surface area contributed by atoms with Gasteiger partial charge in [0.15, 0.2) is 0 Å². The number of rotatable bonds is 2. The monoisotopic (exact) mass is 354 g/mol. The van der Waals surface area contributed by atoms with Crippen molar-refractivity contribution in [1.29, 1.82) is 5.26 Å². The van der Waals surface area contributed by atoms with E-state index in [0.717, 1.165) is 11.6 Å². The maximum absolute atomic E-state index is 13.4. The summed E-state index contributed by atoms with van der Waals surface area (Å²) in [7, 11) is 0. The molecule has 0 fully saturated rings. The van der Waals surface area contributed by atoms with Gasteiger partial charge in [0.25, 0.3) is 0 Å². The molecular weight excluding hydrogens is 341 g/mol. The number of fused-ring (bicyclic) bond motifs is 1. The van der Waals surface area contributed by atoms with Gasteiger partial charge in [-0.1, -0.05) is 30.3 Å². The Morgan fingerprint density at radius 2 is 1.81 bits per heavy atom. The lowest BCUT2D eigenvalue weighted by Gasteiger charge is -2.12. The van der Waals surface area contributed by atoms with Crippen LogP contribution in [0.15, 0.2) is 48.5 Å². The van der Waals surface area contributed by atoms with Gasteiger partial charge in [0.2, 0.25) is 0 Å². The standard InChI is InChI=1S/C19H13F3N4/c20-19(21,22)15-7-3-2-6-13(15)17-14-9-10-24-18(14)26(25-17)16-8-4-1-5-12(16)11-23/h1-8,24H,9-10H2. The van der Waals surface area contributed by atoms with Gasteiger partial charge in [-0.15, -0.1) is 0 Å². The van der Waals surface area contributed by atoms with Crippen LogP contribution in [0.5, 0.6) is 0 Å². The average Bonchev–Trinajstić information content (AvgIpc) is 3.23. The van der Waals surface area contributed by atoms with Crippen LogP contribution in [0.1, 0.15) is 16.7 Å². The molecule has 0 bridgehead atoms. The summed E-state index contributed by atoms with van der Waals surface area (Å²) >= 11 is 0. The maximum atomic E-state index is 13.4. The number of nitriles is 1. The fraction of sp³-hybridized carbons (Fsp3) is 0.158. The zero-order chi connectivity index (χ0) is 18.3. The van der Waals surface area contributed by atoms with Crippen molar-refractivity contribution in [2.24, 2.45) is 0 Å². The molecule has 1 N–H and O–H groups in total. The first-order valence-electron chi connectivity index (χ1n) is 8.02. The molecule has 0 atom stereocenters. The van der Waals surface area contributed by atoms with Crippen molar-refractivity contribution >= 4 is 5.82 Å². The summed E-state index contributed by atoms with van der Waals surface area (Å²) in [5.41, 5.74) is 1.31. The lowest BCUT2D eigenvalue weighted by molar-refractivity contribution is -0.137. The number of nitrogens with one attached hydrogen (secondary N) is 1. The van der Waals surface area contributed by atoms with Crippen LogP contribution in [0.4, 0.5) is 19.0 Å². The number of hydrogen-bond acceptors (Lipinski definition) is 3. The molecule has 130 valence electrons. The summed E-state index contributed by atoms with van der Waals surface area (Å²) in [5, 5.41) is 17.0. The van der Waals surface area contributed by atoms with Crippen LogP contribution in [-0.4, -0.2) is 16.3 Å². The third-order valence-electron chi connectivity index (χ3n) is 4.39. The number of hydrogen-bond donors (Lipinski definition) is 1. The minimum atomic E-state index is -4.47. The molecule has 0 radical (unpaired) electrons. The van der Waals surface area contributed by atoms with Crippen molar-refractivity contribution in [3.8, 4) is 23.0 Å². The second-order valence-electron chi connectivity index (χ2n) is 5.94. The van der Waals surface area contributed by atoms with Crippen molar-refractivity contribution < 1.29 is 13.2 Å². The van der Waals surface area contributed by atoms with Gasteiger partial charge in [0, 0.05) is 17.7 Å². The molecular formula is C19H13F3N4. The Balaban J connectivity index is 1.96. The van der Waals surface area contributed by atoms with Crippen LogP contribution in [0, 0.1) is 11.3 Å². The van der Waals surface area contributed by atoms with Crippen molar-refractivity contribution in [1.82, 2.24) is 9.78 Å².